The van der Waals surface area contributed by atoms with Crippen LogP contribution in [0.15, 0.2) is 24.3 Å². The lowest BCUT2D eigenvalue weighted by Gasteiger charge is -2.14. The Kier molecular flexibility index (Phi) is 3.48. The van der Waals surface area contributed by atoms with Crippen molar-refractivity contribution in [2.45, 2.75) is 26.9 Å². The van der Waals surface area contributed by atoms with Crippen molar-refractivity contribution >= 4 is 11.8 Å². The molecule has 1 aliphatic rings. The second kappa shape index (κ2) is 4.90. The van der Waals surface area contributed by atoms with Crippen molar-refractivity contribution in [2.75, 3.05) is 0 Å². The van der Waals surface area contributed by atoms with E-state index in [1.165, 1.54) is 4.90 Å². The van der Waals surface area contributed by atoms with Gasteiger partial charge in [-0.1, -0.05) is 38.1 Å². The number of rotatable bonds is 3. The number of likely N-dealkylation sites (tertiary alicyclic amines) is 1. The van der Waals surface area contributed by atoms with Crippen LogP contribution in [0.3, 0.4) is 0 Å². The molecule has 0 bridgehead atoms. The molecule has 1 heterocycles. The average Bonchev–Trinajstić information content (AvgIpc) is 2.57. The van der Waals surface area contributed by atoms with Crippen molar-refractivity contribution < 1.29 is 9.59 Å². The minimum Gasteiger partial charge on any atom is -0.326 e. The van der Waals surface area contributed by atoms with E-state index < -0.39 is 0 Å². The molecule has 1 aliphatic heterocycles. The molecule has 2 amide bonds. The molecule has 2 unspecified atom stereocenters. The summed E-state index contributed by atoms with van der Waals surface area (Å²) in [7, 11) is 0. The van der Waals surface area contributed by atoms with Crippen LogP contribution >= 0.6 is 0 Å². The molecule has 2 N–H and O–H groups in total. The lowest BCUT2D eigenvalue weighted by molar-refractivity contribution is -0.140. The molecule has 18 heavy (non-hydrogen) atoms. The number of carbonyl (C=O) groups excluding carboxylic acids is 2. The standard InChI is InChI=1S/C14H18N2O2/c1-9-10(2)14(18)16(13(9)17)8-12-5-3-11(7-15)4-6-12/h3-6,9-10H,7-8,15H2,1-2H3. The van der Waals surface area contributed by atoms with Gasteiger partial charge in [-0.2, -0.15) is 0 Å². The monoisotopic (exact) mass is 246 g/mol. The zero-order valence-corrected chi connectivity index (χ0v) is 10.7. The highest BCUT2D eigenvalue weighted by Crippen LogP contribution is 2.26. The van der Waals surface area contributed by atoms with Crippen LogP contribution in [-0.4, -0.2) is 16.7 Å². The van der Waals surface area contributed by atoms with Gasteiger partial charge in [-0.15, -0.1) is 0 Å². The molecule has 4 nitrogen and oxygen atoms in total. The first-order valence-corrected chi connectivity index (χ1v) is 6.17. The van der Waals surface area contributed by atoms with Crippen molar-refractivity contribution in [3.63, 3.8) is 0 Å². The fraction of sp³-hybridized carbons (Fsp3) is 0.429. The van der Waals surface area contributed by atoms with Crippen molar-refractivity contribution in [2.24, 2.45) is 17.6 Å². The first-order valence-electron chi connectivity index (χ1n) is 6.17. The van der Waals surface area contributed by atoms with Gasteiger partial charge < -0.3 is 5.73 Å². The number of imide groups is 1. The number of hydrogen-bond acceptors (Lipinski definition) is 3. The zero-order chi connectivity index (χ0) is 13.3. The maximum absolute atomic E-state index is 11.9. The predicted octanol–water partition coefficient (Wildman–Crippen LogP) is 1.29. The maximum Gasteiger partial charge on any atom is 0.233 e. The highest BCUT2D eigenvalue weighted by Gasteiger charge is 2.41. The highest BCUT2D eigenvalue weighted by molar-refractivity contribution is 6.04. The van der Waals surface area contributed by atoms with E-state index in [4.69, 9.17) is 5.73 Å². The third-order valence-electron chi connectivity index (χ3n) is 3.66. The molecule has 1 fully saturated rings. The molecule has 0 saturated carbocycles. The van der Waals surface area contributed by atoms with Crippen LogP contribution in [0.1, 0.15) is 25.0 Å². The van der Waals surface area contributed by atoms with Crippen molar-refractivity contribution in [1.29, 1.82) is 0 Å². The summed E-state index contributed by atoms with van der Waals surface area (Å²) in [5, 5.41) is 0. The van der Waals surface area contributed by atoms with E-state index in [2.05, 4.69) is 0 Å². The van der Waals surface area contributed by atoms with Gasteiger partial charge in [0.1, 0.15) is 0 Å². The number of benzene rings is 1. The second-order valence-corrected chi connectivity index (χ2v) is 4.86. The molecule has 0 radical (unpaired) electrons. The fourth-order valence-electron chi connectivity index (χ4n) is 2.15. The Morgan fingerprint density at radius 1 is 1.00 bits per heavy atom. The van der Waals surface area contributed by atoms with Gasteiger partial charge >= 0.3 is 0 Å². The molecule has 96 valence electrons. The largest absolute Gasteiger partial charge is 0.326 e. The third kappa shape index (κ3) is 2.16. The summed E-state index contributed by atoms with van der Waals surface area (Å²) in [6.45, 7) is 4.47. The van der Waals surface area contributed by atoms with Gasteiger partial charge in [0, 0.05) is 18.4 Å². The Morgan fingerprint density at radius 3 is 1.89 bits per heavy atom. The molecule has 0 aliphatic carbocycles. The van der Waals surface area contributed by atoms with Crippen LogP contribution in [0, 0.1) is 11.8 Å². The molecular formula is C14H18N2O2. The molecule has 1 aromatic rings. The van der Waals surface area contributed by atoms with Crippen molar-refractivity contribution in [1.82, 2.24) is 4.90 Å². The van der Waals surface area contributed by atoms with Gasteiger partial charge in [0.05, 0.1) is 6.54 Å². The minimum absolute atomic E-state index is 0.0737. The Labute approximate surface area is 107 Å². The predicted molar refractivity (Wildman–Crippen MR) is 68.2 cm³/mol. The Morgan fingerprint density at radius 2 is 1.44 bits per heavy atom. The molecule has 1 saturated heterocycles. The van der Waals surface area contributed by atoms with E-state index in [1.807, 2.05) is 38.1 Å². The third-order valence-corrected chi connectivity index (χ3v) is 3.66. The summed E-state index contributed by atoms with van der Waals surface area (Å²) in [5.41, 5.74) is 7.52. The Bertz CT molecular complexity index is 447. The smallest absolute Gasteiger partial charge is 0.233 e. The van der Waals surface area contributed by atoms with Crippen LogP contribution in [0.2, 0.25) is 0 Å². The van der Waals surface area contributed by atoms with Crippen LogP contribution < -0.4 is 5.73 Å². The summed E-state index contributed by atoms with van der Waals surface area (Å²) in [6, 6.07) is 7.67. The number of amides is 2. The molecule has 2 rings (SSSR count). The summed E-state index contributed by atoms with van der Waals surface area (Å²) in [4.78, 5) is 25.2. The van der Waals surface area contributed by atoms with Gasteiger partial charge in [0.25, 0.3) is 0 Å². The number of nitrogens with zero attached hydrogens (tertiary/aromatic N) is 1. The van der Waals surface area contributed by atoms with E-state index >= 15 is 0 Å². The maximum atomic E-state index is 11.9. The first-order chi connectivity index (χ1) is 8.54. The molecule has 0 aromatic heterocycles. The molecule has 1 aromatic carbocycles. The Hall–Kier alpha value is -1.68. The fourth-order valence-corrected chi connectivity index (χ4v) is 2.15. The Balaban J connectivity index is 2.13. The van der Waals surface area contributed by atoms with Crippen molar-refractivity contribution in [3.8, 4) is 0 Å². The van der Waals surface area contributed by atoms with E-state index in [0.29, 0.717) is 13.1 Å². The quantitative estimate of drug-likeness (QED) is 0.817. The molecular weight excluding hydrogens is 228 g/mol. The zero-order valence-electron chi connectivity index (χ0n) is 10.7. The van der Waals surface area contributed by atoms with Gasteiger partial charge in [-0.3, -0.25) is 14.5 Å². The lowest BCUT2D eigenvalue weighted by Crippen LogP contribution is -2.30. The van der Waals surface area contributed by atoms with Crippen LogP contribution in [0.25, 0.3) is 0 Å². The number of hydrogen-bond donors (Lipinski definition) is 1. The normalized spacial score (nSPS) is 23.8. The van der Waals surface area contributed by atoms with Crippen LogP contribution in [0.4, 0.5) is 0 Å². The molecule has 2 atom stereocenters. The van der Waals surface area contributed by atoms with Crippen molar-refractivity contribution in [3.05, 3.63) is 35.4 Å². The lowest BCUT2D eigenvalue weighted by atomic mass is 10.00. The minimum atomic E-state index is -0.208. The summed E-state index contributed by atoms with van der Waals surface area (Å²) in [5.74, 6) is -0.563. The molecule has 0 spiro atoms. The van der Waals surface area contributed by atoms with Gasteiger partial charge in [0.15, 0.2) is 0 Å². The highest BCUT2D eigenvalue weighted by atomic mass is 16.2. The topological polar surface area (TPSA) is 63.4 Å². The number of carbonyl (C=O) groups is 2. The average molecular weight is 246 g/mol. The summed E-state index contributed by atoms with van der Waals surface area (Å²) >= 11 is 0. The van der Waals surface area contributed by atoms with E-state index in [-0.39, 0.29) is 23.7 Å². The summed E-state index contributed by atoms with van der Waals surface area (Å²) in [6.07, 6.45) is 0. The SMILES string of the molecule is CC1C(=O)N(Cc2ccc(CN)cc2)C(=O)C1C. The van der Waals surface area contributed by atoms with Crippen LogP contribution in [-0.2, 0) is 22.7 Å². The number of nitrogens with two attached hydrogens (primary N) is 1. The van der Waals surface area contributed by atoms with E-state index in [1.54, 1.807) is 0 Å². The summed E-state index contributed by atoms with van der Waals surface area (Å²) < 4.78 is 0. The van der Waals surface area contributed by atoms with E-state index in [9.17, 15) is 9.59 Å². The van der Waals surface area contributed by atoms with Gasteiger partial charge in [-0.25, -0.2) is 0 Å². The van der Waals surface area contributed by atoms with Crippen LogP contribution in [0.5, 0.6) is 0 Å². The first kappa shape index (κ1) is 12.8. The van der Waals surface area contributed by atoms with Gasteiger partial charge in [-0.05, 0) is 11.1 Å². The molecule has 4 heteroatoms. The van der Waals surface area contributed by atoms with E-state index in [0.717, 1.165) is 11.1 Å². The van der Waals surface area contributed by atoms with Gasteiger partial charge in [0.2, 0.25) is 11.8 Å². The second-order valence-electron chi connectivity index (χ2n) is 4.86.